The van der Waals surface area contributed by atoms with Gasteiger partial charge in [0.2, 0.25) is 5.91 Å². The van der Waals surface area contributed by atoms with Gasteiger partial charge in [-0.1, -0.05) is 29.8 Å². The number of hydrogen-bond acceptors (Lipinski definition) is 4. The number of benzene rings is 1. The van der Waals surface area contributed by atoms with Crippen LogP contribution in [0.4, 0.5) is 5.13 Å². The van der Waals surface area contributed by atoms with Gasteiger partial charge < -0.3 is 5.32 Å². The summed E-state index contributed by atoms with van der Waals surface area (Å²) < 4.78 is 0. The molecule has 0 fully saturated rings. The van der Waals surface area contributed by atoms with Crippen LogP contribution in [0.1, 0.15) is 21.7 Å². The van der Waals surface area contributed by atoms with Crippen molar-refractivity contribution in [3.05, 3.63) is 67.8 Å². The molecular weight excluding hydrogens is 348 g/mol. The Morgan fingerprint density at radius 3 is 2.87 bits per heavy atom. The lowest BCUT2D eigenvalue weighted by molar-refractivity contribution is -0.115. The molecule has 2 heterocycles. The molecule has 0 aliphatic carbocycles. The summed E-state index contributed by atoms with van der Waals surface area (Å²) in [6, 6.07) is 9.75. The number of aryl methyl sites for hydroxylation is 1. The molecule has 1 aromatic carbocycles. The van der Waals surface area contributed by atoms with E-state index in [1.165, 1.54) is 11.3 Å². The second-order valence-electron chi connectivity index (χ2n) is 5.15. The SMILES string of the molecule is Cc1nc(NC(=O)Cc2ccsc2)sc1Cc1ccccc1Cl. The first-order chi connectivity index (χ1) is 11.1. The summed E-state index contributed by atoms with van der Waals surface area (Å²) >= 11 is 9.31. The maximum atomic E-state index is 12.1. The molecule has 0 aliphatic rings. The van der Waals surface area contributed by atoms with Gasteiger partial charge in [0.25, 0.3) is 0 Å². The second kappa shape index (κ2) is 7.25. The zero-order valence-electron chi connectivity index (χ0n) is 12.5. The summed E-state index contributed by atoms with van der Waals surface area (Å²) in [6.07, 6.45) is 1.10. The van der Waals surface area contributed by atoms with E-state index in [2.05, 4.69) is 10.3 Å². The lowest BCUT2D eigenvalue weighted by Crippen LogP contribution is -2.13. The lowest BCUT2D eigenvalue weighted by Gasteiger charge is -2.02. The van der Waals surface area contributed by atoms with E-state index < -0.39 is 0 Å². The topological polar surface area (TPSA) is 42.0 Å². The zero-order chi connectivity index (χ0) is 16.2. The van der Waals surface area contributed by atoms with E-state index in [0.717, 1.165) is 33.1 Å². The van der Waals surface area contributed by atoms with E-state index in [1.54, 1.807) is 11.3 Å². The average molecular weight is 363 g/mol. The minimum Gasteiger partial charge on any atom is -0.302 e. The molecule has 118 valence electrons. The average Bonchev–Trinajstić information content (AvgIpc) is 3.12. The number of rotatable bonds is 5. The number of thiophene rings is 1. The molecule has 3 aromatic rings. The van der Waals surface area contributed by atoms with Crippen LogP contribution in [0.25, 0.3) is 0 Å². The van der Waals surface area contributed by atoms with Crippen molar-refractivity contribution in [2.45, 2.75) is 19.8 Å². The summed E-state index contributed by atoms with van der Waals surface area (Å²) in [7, 11) is 0. The smallest absolute Gasteiger partial charge is 0.230 e. The Morgan fingerprint density at radius 1 is 1.30 bits per heavy atom. The van der Waals surface area contributed by atoms with E-state index >= 15 is 0 Å². The van der Waals surface area contributed by atoms with Crippen molar-refractivity contribution in [2.24, 2.45) is 0 Å². The Hall–Kier alpha value is -1.69. The number of thiazole rings is 1. The van der Waals surface area contributed by atoms with Gasteiger partial charge in [-0.3, -0.25) is 4.79 Å². The molecule has 1 N–H and O–H groups in total. The molecule has 23 heavy (non-hydrogen) atoms. The van der Waals surface area contributed by atoms with Crippen molar-refractivity contribution in [3.63, 3.8) is 0 Å². The molecule has 0 radical (unpaired) electrons. The third-order valence-electron chi connectivity index (χ3n) is 3.39. The fourth-order valence-corrected chi connectivity index (χ4v) is 4.08. The molecule has 0 aliphatic heterocycles. The van der Waals surface area contributed by atoms with Crippen molar-refractivity contribution in [2.75, 3.05) is 5.32 Å². The Bertz CT molecular complexity index is 812. The summed E-state index contributed by atoms with van der Waals surface area (Å²) in [5.41, 5.74) is 3.02. The Morgan fingerprint density at radius 2 is 2.13 bits per heavy atom. The van der Waals surface area contributed by atoms with Gasteiger partial charge in [0.15, 0.2) is 5.13 Å². The Balaban J connectivity index is 1.68. The number of aromatic nitrogens is 1. The van der Waals surface area contributed by atoms with Gasteiger partial charge in [-0.15, -0.1) is 11.3 Å². The van der Waals surface area contributed by atoms with Crippen LogP contribution in [-0.2, 0) is 17.6 Å². The Kier molecular flexibility index (Phi) is 5.10. The summed E-state index contributed by atoms with van der Waals surface area (Å²) in [5.74, 6) is -0.0403. The third kappa shape index (κ3) is 4.19. The van der Waals surface area contributed by atoms with Crippen LogP contribution in [0.3, 0.4) is 0 Å². The number of amides is 1. The first-order valence-corrected chi connectivity index (χ1v) is 9.26. The molecule has 0 spiro atoms. The number of nitrogens with zero attached hydrogens (tertiary/aromatic N) is 1. The predicted octanol–water partition coefficient (Wildman–Crippen LogP) is 4.94. The molecule has 1 amide bonds. The van der Waals surface area contributed by atoms with Crippen molar-refractivity contribution >= 4 is 45.3 Å². The van der Waals surface area contributed by atoms with E-state index in [0.29, 0.717) is 11.6 Å². The highest BCUT2D eigenvalue weighted by Gasteiger charge is 2.12. The summed E-state index contributed by atoms with van der Waals surface area (Å²) in [6.45, 7) is 1.96. The van der Waals surface area contributed by atoms with E-state index in [9.17, 15) is 4.79 Å². The highest BCUT2D eigenvalue weighted by molar-refractivity contribution is 7.15. The number of nitrogens with one attached hydrogen (secondary N) is 1. The molecule has 3 nitrogen and oxygen atoms in total. The van der Waals surface area contributed by atoms with E-state index in [4.69, 9.17) is 11.6 Å². The fourth-order valence-electron chi connectivity index (χ4n) is 2.20. The molecule has 2 aromatic heterocycles. The van der Waals surface area contributed by atoms with Crippen molar-refractivity contribution < 1.29 is 4.79 Å². The van der Waals surface area contributed by atoms with E-state index in [1.807, 2.05) is 48.0 Å². The minimum atomic E-state index is -0.0403. The fraction of sp³-hybridized carbons (Fsp3) is 0.176. The number of carbonyl (C=O) groups is 1. The van der Waals surface area contributed by atoms with Crippen LogP contribution < -0.4 is 5.32 Å². The van der Waals surface area contributed by atoms with Gasteiger partial charge >= 0.3 is 0 Å². The monoisotopic (exact) mass is 362 g/mol. The predicted molar refractivity (Wildman–Crippen MR) is 97.8 cm³/mol. The highest BCUT2D eigenvalue weighted by atomic mass is 35.5. The van der Waals surface area contributed by atoms with Crippen LogP contribution in [0.15, 0.2) is 41.1 Å². The normalized spacial score (nSPS) is 10.7. The number of halogens is 1. The maximum absolute atomic E-state index is 12.1. The molecule has 0 atom stereocenters. The molecule has 0 unspecified atom stereocenters. The molecule has 0 saturated heterocycles. The first kappa shape index (κ1) is 16.2. The molecule has 0 saturated carbocycles. The van der Waals surface area contributed by atoms with Crippen LogP contribution in [-0.4, -0.2) is 10.9 Å². The van der Waals surface area contributed by atoms with Crippen molar-refractivity contribution in [1.29, 1.82) is 0 Å². The number of anilines is 1. The minimum absolute atomic E-state index is 0.0403. The van der Waals surface area contributed by atoms with Gasteiger partial charge in [-0.25, -0.2) is 4.98 Å². The van der Waals surface area contributed by atoms with Crippen LogP contribution in [0.2, 0.25) is 5.02 Å². The van der Waals surface area contributed by atoms with Crippen LogP contribution >= 0.6 is 34.3 Å². The van der Waals surface area contributed by atoms with E-state index in [-0.39, 0.29) is 5.91 Å². The van der Waals surface area contributed by atoms with Gasteiger partial charge in [-0.05, 0) is 40.9 Å². The first-order valence-electron chi connectivity index (χ1n) is 7.12. The Labute approximate surface area is 148 Å². The van der Waals surface area contributed by atoms with Gasteiger partial charge in [0.05, 0.1) is 12.1 Å². The molecular formula is C17H15ClN2OS2. The number of carbonyl (C=O) groups excluding carboxylic acids is 1. The third-order valence-corrected chi connectivity index (χ3v) is 5.57. The lowest BCUT2D eigenvalue weighted by atomic mass is 10.1. The quantitative estimate of drug-likeness (QED) is 0.698. The standard InChI is InChI=1S/C17H15ClN2OS2/c1-11-15(9-13-4-2-3-5-14(13)18)23-17(19-11)20-16(21)8-12-6-7-22-10-12/h2-7,10H,8-9H2,1H3,(H,19,20,21). The summed E-state index contributed by atoms with van der Waals surface area (Å²) in [4.78, 5) is 17.6. The maximum Gasteiger partial charge on any atom is 0.230 e. The van der Waals surface area contributed by atoms with Gasteiger partial charge in [-0.2, -0.15) is 11.3 Å². The van der Waals surface area contributed by atoms with Crippen molar-refractivity contribution in [3.8, 4) is 0 Å². The van der Waals surface area contributed by atoms with Crippen molar-refractivity contribution in [1.82, 2.24) is 4.98 Å². The summed E-state index contributed by atoms with van der Waals surface area (Å²) in [5, 5.41) is 8.23. The van der Waals surface area contributed by atoms with Crippen LogP contribution in [0.5, 0.6) is 0 Å². The molecule has 6 heteroatoms. The largest absolute Gasteiger partial charge is 0.302 e. The highest BCUT2D eigenvalue weighted by Crippen LogP contribution is 2.27. The molecule has 3 rings (SSSR count). The zero-order valence-corrected chi connectivity index (χ0v) is 14.9. The number of hydrogen-bond donors (Lipinski definition) is 1. The second-order valence-corrected chi connectivity index (χ2v) is 7.42. The molecule has 0 bridgehead atoms. The van der Waals surface area contributed by atoms with Gasteiger partial charge in [0.1, 0.15) is 0 Å². The van der Waals surface area contributed by atoms with Crippen LogP contribution in [0, 0.1) is 6.92 Å². The van der Waals surface area contributed by atoms with Gasteiger partial charge in [0, 0.05) is 16.3 Å².